The molecule has 0 aliphatic carbocycles. The van der Waals surface area contributed by atoms with Crippen molar-refractivity contribution in [3.63, 3.8) is 0 Å². The molecule has 2 aromatic carbocycles. The molecule has 47 heavy (non-hydrogen) atoms. The molecule has 0 N–H and O–H groups in total. The maximum Gasteiger partial charge on any atom is 0.452 e. The van der Waals surface area contributed by atoms with E-state index in [0.29, 0.717) is 21.0 Å². The fraction of sp³-hybridized carbons (Fsp3) is 0.0312. The van der Waals surface area contributed by atoms with Crippen molar-refractivity contribution in [1.82, 2.24) is 15.0 Å². The highest BCUT2D eigenvalue weighted by molar-refractivity contribution is 7.33. The number of benzene rings is 2. The van der Waals surface area contributed by atoms with Crippen LogP contribution < -0.4 is 0 Å². The summed E-state index contributed by atoms with van der Waals surface area (Å²) >= 11 is 5.80. The van der Waals surface area contributed by atoms with E-state index in [9.17, 15) is 4.79 Å². The largest absolute Gasteiger partial charge is 0.452 e. The zero-order valence-corrected chi connectivity index (χ0v) is 26.8. The molecule has 15 heteroatoms. The maximum absolute atomic E-state index is 13.1. The monoisotopic (exact) mass is 683 g/mol. The topological polar surface area (TPSA) is 177 Å². The molecule has 0 saturated heterocycles. The molecule has 0 atom stereocenters. The number of hydrogen-bond donors (Lipinski definition) is 0. The first-order valence-electron chi connectivity index (χ1n) is 13.4. The second-order valence-electron chi connectivity index (χ2n) is 9.58. The molecule has 0 fully saturated rings. The fourth-order valence-electron chi connectivity index (χ4n) is 4.65. The summed E-state index contributed by atoms with van der Waals surface area (Å²) in [4.78, 5) is 25.9. The Morgan fingerprint density at radius 1 is 0.681 bits per heavy atom. The minimum absolute atomic E-state index is 0.0681. The molecule has 5 heterocycles. The Morgan fingerprint density at radius 2 is 1.17 bits per heavy atom. The Kier molecular flexibility index (Phi) is 7.80. The highest BCUT2D eigenvalue weighted by Crippen LogP contribution is 2.49. The van der Waals surface area contributed by atoms with Crippen molar-refractivity contribution in [2.24, 2.45) is 9.98 Å². The number of nitrogens with zero attached hydrogens (tertiary/aromatic N) is 9. The first kappa shape index (κ1) is 29.6. The van der Waals surface area contributed by atoms with Gasteiger partial charge in [-0.2, -0.15) is 21.0 Å². The molecule has 0 bridgehead atoms. The molecule has 5 aromatic heterocycles. The summed E-state index contributed by atoms with van der Waals surface area (Å²) in [5.74, 6) is 0. The van der Waals surface area contributed by atoms with Crippen molar-refractivity contribution < 1.29 is 9.53 Å². The minimum atomic E-state index is -0.713. The minimum Gasteiger partial charge on any atom is -0.442 e. The Labute approximate surface area is 281 Å². The number of carbonyl (C=O) groups excluding carboxylic acids is 1. The van der Waals surface area contributed by atoms with E-state index in [0.717, 1.165) is 50.0 Å². The summed E-state index contributed by atoms with van der Waals surface area (Å²) in [6, 6.07) is 27.7. The molecular formula is C32H13N9O2S4. The van der Waals surface area contributed by atoms with Crippen LogP contribution >= 0.6 is 45.3 Å². The van der Waals surface area contributed by atoms with Crippen LogP contribution in [-0.2, 0) is 11.3 Å². The molecule has 7 rings (SSSR count). The summed E-state index contributed by atoms with van der Waals surface area (Å²) in [6.45, 7) is 0.0681. The number of hydrogen-bond acceptors (Lipinski definition) is 14. The summed E-state index contributed by atoms with van der Waals surface area (Å²) < 4.78 is 7.41. The van der Waals surface area contributed by atoms with Crippen molar-refractivity contribution in [3.8, 4) is 43.8 Å². The van der Waals surface area contributed by atoms with Crippen molar-refractivity contribution in [2.75, 3.05) is 0 Å². The van der Waals surface area contributed by atoms with E-state index in [1.54, 1.807) is 59.1 Å². The first-order valence-corrected chi connectivity index (χ1v) is 16.7. The Morgan fingerprint density at radius 3 is 1.64 bits per heavy atom. The van der Waals surface area contributed by atoms with E-state index in [1.807, 2.05) is 54.6 Å². The van der Waals surface area contributed by atoms with Gasteiger partial charge in [-0.1, -0.05) is 35.1 Å². The van der Waals surface area contributed by atoms with E-state index < -0.39 is 6.09 Å². The predicted octanol–water partition coefficient (Wildman–Crippen LogP) is 8.74. The Bertz CT molecular complexity index is 2430. The van der Waals surface area contributed by atoms with Crippen molar-refractivity contribution in [2.45, 2.75) is 6.61 Å². The van der Waals surface area contributed by atoms with Crippen LogP contribution in [0.1, 0.15) is 5.56 Å². The molecule has 0 unspecified atom stereocenters. The predicted molar refractivity (Wildman–Crippen MR) is 184 cm³/mol. The molecule has 0 spiro atoms. The van der Waals surface area contributed by atoms with Gasteiger partial charge in [0.05, 0.1) is 9.40 Å². The van der Waals surface area contributed by atoms with Gasteiger partial charge in [-0.05, 0) is 42.0 Å². The van der Waals surface area contributed by atoms with Crippen LogP contribution in [0.15, 0.2) is 76.7 Å². The summed E-state index contributed by atoms with van der Waals surface area (Å²) in [5, 5.41) is 48.3. The molecule has 0 saturated carbocycles. The SMILES string of the molecule is N#CC(C#N)=Nc1ccc(-c2cc3c4nn(C(=O)OCc5ccccc5)nc4c4cc(-c5ccc(N=C(C#N)C#N)s5)sc4c3s2)s1. The van der Waals surface area contributed by atoms with E-state index >= 15 is 0 Å². The van der Waals surface area contributed by atoms with Gasteiger partial charge in [-0.25, -0.2) is 14.8 Å². The number of aliphatic imine (C=N–C) groups is 2. The molecule has 0 amide bonds. The van der Waals surface area contributed by atoms with Crippen LogP contribution in [-0.4, -0.2) is 32.5 Å². The number of ether oxygens (including phenoxy) is 1. The number of thiophene rings is 4. The van der Waals surface area contributed by atoms with Gasteiger partial charge in [-0.3, -0.25) is 0 Å². The van der Waals surface area contributed by atoms with Gasteiger partial charge in [0.1, 0.15) is 51.9 Å². The standard InChI is InChI=1S/C32H13N9O2S4/c33-12-18(13-34)37-26-8-6-22(44-26)24-10-20-28-29(40-41(39-28)32(42)43-16-17-4-2-1-3-5-17)21-11-25(47-31(21)30(20)46-24)23-7-9-27(45-23)38-19(14-35)15-36/h1-11H,16H2. The third kappa shape index (κ3) is 5.64. The molecular weight excluding hydrogens is 671 g/mol. The molecule has 11 nitrogen and oxygen atoms in total. The van der Waals surface area contributed by atoms with E-state index in [-0.39, 0.29) is 18.0 Å². The highest BCUT2D eigenvalue weighted by atomic mass is 32.1. The second kappa shape index (κ2) is 12.4. The maximum atomic E-state index is 13.1. The van der Waals surface area contributed by atoms with Crippen LogP contribution in [0.4, 0.5) is 14.8 Å². The zero-order valence-electron chi connectivity index (χ0n) is 23.5. The third-order valence-electron chi connectivity index (χ3n) is 6.70. The summed E-state index contributed by atoms with van der Waals surface area (Å²) in [6.07, 6.45) is -0.713. The lowest BCUT2D eigenvalue weighted by Gasteiger charge is -2.02. The van der Waals surface area contributed by atoms with Crippen LogP contribution in [0.5, 0.6) is 0 Å². The van der Waals surface area contributed by atoms with Gasteiger partial charge in [0.25, 0.3) is 0 Å². The highest BCUT2D eigenvalue weighted by Gasteiger charge is 2.23. The normalized spacial score (nSPS) is 10.6. The van der Waals surface area contributed by atoms with Crippen LogP contribution in [0.3, 0.4) is 0 Å². The van der Waals surface area contributed by atoms with Gasteiger partial charge in [0, 0.05) is 30.3 Å². The third-order valence-corrected chi connectivity index (χ3v) is 11.5. The smallest absolute Gasteiger partial charge is 0.442 e. The summed E-state index contributed by atoms with van der Waals surface area (Å²) in [7, 11) is 0. The lowest BCUT2D eigenvalue weighted by atomic mass is 10.1. The Hall–Kier alpha value is -6.07. The van der Waals surface area contributed by atoms with E-state index in [4.69, 9.17) is 25.8 Å². The van der Waals surface area contributed by atoms with Gasteiger partial charge in [0.15, 0.2) is 0 Å². The average molecular weight is 684 g/mol. The zero-order chi connectivity index (χ0) is 32.5. The number of fused-ring (bicyclic) bond motifs is 6. The lowest BCUT2D eigenvalue weighted by molar-refractivity contribution is 0.134. The number of carbonyl (C=O) groups is 1. The molecule has 7 aromatic rings. The quantitative estimate of drug-likeness (QED) is 0.156. The number of aromatic nitrogens is 3. The molecule has 0 radical (unpaired) electrons. The number of nitriles is 4. The molecule has 222 valence electrons. The van der Waals surface area contributed by atoms with E-state index in [1.165, 1.54) is 22.7 Å². The second-order valence-corrected chi connectivity index (χ2v) is 13.8. The van der Waals surface area contributed by atoms with Crippen molar-refractivity contribution in [3.05, 3.63) is 72.3 Å². The van der Waals surface area contributed by atoms with Gasteiger partial charge in [-0.15, -0.1) is 55.5 Å². The number of rotatable bonds is 6. The summed E-state index contributed by atoms with van der Waals surface area (Å²) in [5.41, 5.74) is 1.45. The van der Waals surface area contributed by atoms with Gasteiger partial charge < -0.3 is 4.74 Å². The average Bonchev–Trinajstić information content (AvgIpc) is 3.93. The van der Waals surface area contributed by atoms with Crippen molar-refractivity contribution >= 4 is 104 Å². The van der Waals surface area contributed by atoms with Crippen LogP contribution in [0.2, 0.25) is 0 Å². The van der Waals surface area contributed by atoms with Crippen LogP contribution in [0, 0.1) is 45.3 Å². The van der Waals surface area contributed by atoms with Crippen molar-refractivity contribution in [1.29, 1.82) is 21.0 Å². The molecule has 0 aliphatic heterocycles. The van der Waals surface area contributed by atoms with Gasteiger partial charge in [0.2, 0.25) is 11.4 Å². The lowest BCUT2D eigenvalue weighted by Crippen LogP contribution is -2.16. The first-order chi connectivity index (χ1) is 23.0. The Balaban J connectivity index is 1.36. The molecule has 0 aliphatic rings. The fourth-order valence-corrected chi connectivity index (χ4v) is 9.06. The van der Waals surface area contributed by atoms with Crippen LogP contribution in [0.25, 0.3) is 50.7 Å². The van der Waals surface area contributed by atoms with E-state index in [2.05, 4.69) is 20.2 Å². The van der Waals surface area contributed by atoms with Gasteiger partial charge >= 0.3 is 6.09 Å².